The molecule has 0 radical (unpaired) electrons. The lowest BCUT2D eigenvalue weighted by Gasteiger charge is -2.14. The Bertz CT molecular complexity index is 1070. The lowest BCUT2D eigenvalue weighted by atomic mass is 9.90. The fourth-order valence-electron chi connectivity index (χ4n) is 3.46. The topological polar surface area (TPSA) is 9.23 Å². The van der Waals surface area contributed by atoms with Gasteiger partial charge in [-0.05, 0) is 65.4 Å². The molecule has 0 saturated carbocycles. The van der Waals surface area contributed by atoms with Gasteiger partial charge in [-0.25, -0.2) is 0 Å². The van der Waals surface area contributed by atoms with Crippen LogP contribution in [0.15, 0.2) is 91.0 Å². The molecular formula is C27H24O. The minimum atomic E-state index is 0.871. The van der Waals surface area contributed by atoms with Gasteiger partial charge in [0.05, 0.1) is 7.11 Å². The first-order chi connectivity index (χ1) is 13.6. The van der Waals surface area contributed by atoms with Crippen molar-refractivity contribution in [3.05, 3.63) is 102 Å². The SMILES string of the molecule is COc1ccc(-c2cc(-c3ccc(C)cc3)ccc2-c2ccc(C)cc2)cc1. The fraction of sp³-hybridized carbons (Fsp3) is 0.111. The van der Waals surface area contributed by atoms with E-state index >= 15 is 0 Å². The lowest BCUT2D eigenvalue weighted by molar-refractivity contribution is 0.415. The number of aryl methyl sites for hydroxylation is 2. The lowest BCUT2D eigenvalue weighted by Crippen LogP contribution is -1.89. The summed E-state index contributed by atoms with van der Waals surface area (Å²) < 4.78 is 5.34. The maximum absolute atomic E-state index is 5.34. The van der Waals surface area contributed by atoms with Gasteiger partial charge in [0, 0.05) is 0 Å². The van der Waals surface area contributed by atoms with Gasteiger partial charge in [-0.15, -0.1) is 0 Å². The monoisotopic (exact) mass is 364 g/mol. The quantitative estimate of drug-likeness (QED) is 0.369. The maximum Gasteiger partial charge on any atom is 0.118 e. The number of benzene rings is 4. The summed E-state index contributed by atoms with van der Waals surface area (Å²) in [5.41, 5.74) is 9.88. The van der Waals surface area contributed by atoms with Gasteiger partial charge in [0.15, 0.2) is 0 Å². The van der Waals surface area contributed by atoms with E-state index in [1.165, 1.54) is 44.5 Å². The number of hydrogen-bond donors (Lipinski definition) is 0. The molecule has 28 heavy (non-hydrogen) atoms. The first-order valence-corrected chi connectivity index (χ1v) is 9.56. The second-order valence-corrected chi connectivity index (χ2v) is 7.22. The third-order valence-corrected chi connectivity index (χ3v) is 5.17. The van der Waals surface area contributed by atoms with Crippen molar-refractivity contribution in [1.82, 2.24) is 0 Å². The van der Waals surface area contributed by atoms with Crippen molar-refractivity contribution in [2.75, 3.05) is 7.11 Å². The van der Waals surface area contributed by atoms with Crippen LogP contribution in [0.1, 0.15) is 11.1 Å². The van der Waals surface area contributed by atoms with E-state index in [4.69, 9.17) is 4.74 Å². The molecular weight excluding hydrogens is 340 g/mol. The van der Waals surface area contributed by atoms with Crippen LogP contribution in [0.2, 0.25) is 0 Å². The van der Waals surface area contributed by atoms with E-state index in [1.54, 1.807) is 7.11 Å². The fourth-order valence-corrected chi connectivity index (χ4v) is 3.46. The van der Waals surface area contributed by atoms with Crippen LogP contribution in [-0.4, -0.2) is 7.11 Å². The predicted molar refractivity (Wildman–Crippen MR) is 119 cm³/mol. The van der Waals surface area contributed by atoms with Crippen molar-refractivity contribution in [2.45, 2.75) is 13.8 Å². The Labute approximate surface area is 167 Å². The first-order valence-electron chi connectivity index (χ1n) is 9.56. The molecule has 4 aromatic carbocycles. The van der Waals surface area contributed by atoms with Crippen molar-refractivity contribution in [1.29, 1.82) is 0 Å². The standard InChI is InChI=1S/C27H24O/c1-19-4-8-21(9-5-19)24-14-17-26(22-10-6-20(2)7-11-22)27(18-24)23-12-15-25(28-3)16-13-23/h4-18H,1-3H3. The second kappa shape index (κ2) is 7.74. The summed E-state index contributed by atoms with van der Waals surface area (Å²) in [6.07, 6.45) is 0. The normalized spacial score (nSPS) is 10.7. The van der Waals surface area contributed by atoms with Crippen LogP contribution < -0.4 is 4.74 Å². The van der Waals surface area contributed by atoms with Gasteiger partial charge in [0.2, 0.25) is 0 Å². The minimum absolute atomic E-state index is 0.871. The van der Waals surface area contributed by atoms with Gasteiger partial charge in [-0.2, -0.15) is 0 Å². The molecule has 138 valence electrons. The number of rotatable bonds is 4. The molecule has 0 aliphatic rings. The Hall–Kier alpha value is -3.32. The van der Waals surface area contributed by atoms with Crippen LogP contribution in [0.3, 0.4) is 0 Å². The van der Waals surface area contributed by atoms with E-state index < -0.39 is 0 Å². The van der Waals surface area contributed by atoms with Crippen LogP contribution in [0.4, 0.5) is 0 Å². The maximum atomic E-state index is 5.34. The Morgan fingerprint density at radius 2 is 0.929 bits per heavy atom. The third-order valence-electron chi connectivity index (χ3n) is 5.17. The molecule has 0 aliphatic carbocycles. The van der Waals surface area contributed by atoms with Crippen LogP contribution in [0.25, 0.3) is 33.4 Å². The average Bonchev–Trinajstić information content (AvgIpc) is 2.75. The van der Waals surface area contributed by atoms with Crippen LogP contribution in [-0.2, 0) is 0 Å². The van der Waals surface area contributed by atoms with E-state index in [0.717, 1.165) is 5.75 Å². The number of hydrogen-bond acceptors (Lipinski definition) is 1. The van der Waals surface area contributed by atoms with Gasteiger partial charge in [0.25, 0.3) is 0 Å². The Morgan fingerprint density at radius 3 is 1.50 bits per heavy atom. The second-order valence-electron chi connectivity index (χ2n) is 7.22. The molecule has 0 heterocycles. The molecule has 0 unspecified atom stereocenters. The average molecular weight is 364 g/mol. The van der Waals surface area contributed by atoms with E-state index in [1.807, 2.05) is 12.1 Å². The van der Waals surface area contributed by atoms with Crippen molar-refractivity contribution in [3.63, 3.8) is 0 Å². The third kappa shape index (κ3) is 3.70. The predicted octanol–water partition coefficient (Wildman–Crippen LogP) is 7.31. The molecule has 4 rings (SSSR count). The summed E-state index contributed by atoms with van der Waals surface area (Å²) in [7, 11) is 1.70. The van der Waals surface area contributed by atoms with Crippen molar-refractivity contribution in [2.24, 2.45) is 0 Å². The molecule has 0 aromatic heterocycles. The molecule has 0 fully saturated rings. The summed E-state index contributed by atoms with van der Waals surface area (Å²) in [6.45, 7) is 4.24. The number of methoxy groups -OCH3 is 1. The Kier molecular flexibility index (Phi) is 4.99. The molecule has 1 heteroatoms. The highest BCUT2D eigenvalue weighted by molar-refractivity contribution is 5.87. The zero-order valence-corrected chi connectivity index (χ0v) is 16.6. The molecule has 0 saturated heterocycles. The Balaban J connectivity index is 1.87. The largest absolute Gasteiger partial charge is 0.497 e. The highest BCUT2D eigenvalue weighted by Crippen LogP contribution is 2.36. The van der Waals surface area contributed by atoms with Gasteiger partial charge in [-0.3, -0.25) is 0 Å². The highest BCUT2D eigenvalue weighted by Gasteiger charge is 2.10. The molecule has 0 N–H and O–H groups in total. The van der Waals surface area contributed by atoms with E-state index in [2.05, 4.69) is 92.7 Å². The van der Waals surface area contributed by atoms with Gasteiger partial charge >= 0.3 is 0 Å². The zero-order chi connectivity index (χ0) is 19.5. The molecule has 0 bridgehead atoms. The molecule has 1 nitrogen and oxygen atoms in total. The van der Waals surface area contributed by atoms with E-state index in [-0.39, 0.29) is 0 Å². The molecule has 4 aromatic rings. The summed E-state index contributed by atoms with van der Waals surface area (Å²) in [5.74, 6) is 0.871. The van der Waals surface area contributed by atoms with E-state index in [0.29, 0.717) is 0 Å². The highest BCUT2D eigenvalue weighted by atomic mass is 16.5. The first kappa shape index (κ1) is 18.1. The Morgan fingerprint density at radius 1 is 0.464 bits per heavy atom. The van der Waals surface area contributed by atoms with Crippen LogP contribution >= 0.6 is 0 Å². The molecule has 0 amide bonds. The van der Waals surface area contributed by atoms with Gasteiger partial charge in [-0.1, -0.05) is 83.9 Å². The van der Waals surface area contributed by atoms with Crippen molar-refractivity contribution >= 4 is 0 Å². The van der Waals surface area contributed by atoms with Crippen LogP contribution in [0.5, 0.6) is 5.75 Å². The molecule has 0 aliphatic heterocycles. The van der Waals surface area contributed by atoms with Crippen molar-refractivity contribution in [3.8, 4) is 39.1 Å². The minimum Gasteiger partial charge on any atom is -0.497 e. The van der Waals surface area contributed by atoms with Crippen LogP contribution in [0, 0.1) is 13.8 Å². The summed E-state index contributed by atoms with van der Waals surface area (Å²) in [6, 6.07) is 32.5. The van der Waals surface area contributed by atoms with E-state index in [9.17, 15) is 0 Å². The molecule has 0 atom stereocenters. The summed E-state index contributed by atoms with van der Waals surface area (Å²) in [4.78, 5) is 0. The van der Waals surface area contributed by atoms with Crippen molar-refractivity contribution < 1.29 is 4.74 Å². The zero-order valence-electron chi connectivity index (χ0n) is 16.6. The molecule has 0 spiro atoms. The summed E-state index contributed by atoms with van der Waals surface area (Å²) >= 11 is 0. The summed E-state index contributed by atoms with van der Waals surface area (Å²) in [5, 5.41) is 0. The number of ether oxygens (including phenoxy) is 1. The van der Waals surface area contributed by atoms with Gasteiger partial charge < -0.3 is 4.74 Å². The smallest absolute Gasteiger partial charge is 0.118 e. The van der Waals surface area contributed by atoms with Gasteiger partial charge in [0.1, 0.15) is 5.75 Å².